The van der Waals surface area contributed by atoms with E-state index >= 15 is 0 Å². The van der Waals surface area contributed by atoms with E-state index in [4.69, 9.17) is 4.74 Å². The molecule has 1 aromatic rings. The average Bonchev–Trinajstić information content (AvgIpc) is 2.86. The minimum absolute atomic E-state index is 0.0124. The van der Waals surface area contributed by atoms with E-state index in [9.17, 15) is 19.8 Å². The molecule has 3 unspecified atom stereocenters. The first kappa shape index (κ1) is 19.4. The molecule has 2 N–H and O–H groups in total. The Morgan fingerprint density at radius 2 is 1.92 bits per heavy atom. The van der Waals surface area contributed by atoms with Crippen LogP contribution in [0.3, 0.4) is 0 Å². The highest BCUT2D eigenvalue weighted by molar-refractivity contribution is 5.92. The third kappa shape index (κ3) is 3.70. The van der Waals surface area contributed by atoms with E-state index in [1.54, 1.807) is 20.8 Å². The largest absolute Gasteiger partial charge is 0.459 e. The first-order valence-electron chi connectivity index (χ1n) is 8.47. The third-order valence-electron chi connectivity index (χ3n) is 4.72. The molecule has 25 heavy (non-hydrogen) atoms. The van der Waals surface area contributed by atoms with Crippen molar-refractivity contribution in [2.45, 2.75) is 39.3 Å². The number of amides is 1. The predicted octanol–water partition coefficient (Wildman–Crippen LogP) is 1.52. The van der Waals surface area contributed by atoms with Crippen LogP contribution in [0.4, 0.5) is 0 Å². The second-order valence-corrected chi connectivity index (χ2v) is 7.60. The molecule has 0 radical (unpaired) electrons. The molecule has 1 amide bonds. The van der Waals surface area contributed by atoms with Gasteiger partial charge in [0.2, 0.25) is 5.91 Å². The van der Waals surface area contributed by atoms with Crippen molar-refractivity contribution in [1.29, 1.82) is 0 Å². The lowest BCUT2D eigenvalue weighted by molar-refractivity contribution is -0.174. The van der Waals surface area contributed by atoms with Crippen LogP contribution in [0.5, 0.6) is 0 Å². The van der Waals surface area contributed by atoms with Crippen LogP contribution in [0.1, 0.15) is 39.3 Å². The van der Waals surface area contributed by atoms with Crippen LogP contribution in [-0.4, -0.2) is 52.3 Å². The molecule has 1 aromatic carbocycles. The Balaban J connectivity index is 2.36. The van der Waals surface area contributed by atoms with Crippen LogP contribution in [0.15, 0.2) is 30.3 Å². The molecule has 138 valence electrons. The van der Waals surface area contributed by atoms with E-state index < -0.39 is 36.1 Å². The van der Waals surface area contributed by atoms with Gasteiger partial charge >= 0.3 is 5.97 Å². The van der Waals surface area contributed by atoms with Crippen LogP contribution in [0.25, 0.3) is 0 Å². The first-order chi connectivity index (χ1) is 11.7. The molecule has 0 bridgehead atoms. The molecule has 1 aliphatic heterocycles. The van der Waals surface area contributed by atoms with E-state index in [1.165, 1.54) is 4.90 Å². The lowest BCUT2D eigenvalue weighted by atomic mass is 9.78. The number of rotatable bonds is 5. The molecule has 0 aliphatic carbocycles. The van der Waals surface area contributed by atoms with Crippen LogP contribution in [-0.2, 0) is 14.3 Å². The number of hydrogen-bond acceptors (Lipinski definition) is 5. The number of benzene rings is 1. The van der Waals surface area contributed by atoms with Gasteiger partial charge in [0.1, 0.15) is 11.0 Å². The molecule has 0 saturated carbocycles. The van der Waals surface area contributed by atoms with Crippen molar-refractivity contribution < 1.29 is 24.5 Å². The van der Waals surface area contributed by atoms with Gasteiger partial charge in [0.05, 0.1) is 25.2 Å². The van der Waals surface area contributed by atoms with Gasteiger partial charge in [-0.3, -0.25) is 9.59 Å². The molecule has 1 aliphatic rings. The van der Waals surface area contributed by atoms with Crippen molar-refractivity contribution in [3.63, 3.8) is 0 Å². The summed E-state index contributed by atoms with van der Waals surface area (Å²) in [6, 6.07) is 9.17. The second kappa shape index (κ2) is 7.14. The molecular weight excluding hydrogens is 322 g/mol. The number of hydrogen-bond donors (Lipinski definition) is 2. The summed E-state index contributed by atoms with van der Waals surface area (Å²) in [5.74, 6) is -2.02. The van der Waals surface area contributed by atoms with Crippen molar-refractivity contribution in [3.05, 3.63) is 35.9 Å². The van der Waals surface area contributed by atoms with Crippen LogP contribution in [0.2, 0.25) is 0 Å². The number of nitrogens with zero attached hydrogens (tertiary/aromatic N) is 1. The molecule has 1 saturated heterocycles. The highest BCUT2D eigenvalue weighted by Gasteiger charge is 2.59. The van der Waals surface area contributed by atoms with E-state index in [0.29, 0.717) is 0 Å². The van der Waals surface area contributed by atoms with Crippen molar-refractivity contribution in [2.75, 3.05) is 19.8 Å². The fourth-order valence-corrected chi connectivity index (χ4v) is 3.23. The van der Waals surface area contributed by atoms with Crippen LogP contribution in [0, 0.1) is 11.3 Å². The summed E-state index contributed by atoms with van der Waals surface area (Å²) in [5, 5.41) is 19.7. The molecule has 1 heterocycles. The number of carbonyl (C=O) groups excluding carboxylic acids is 2. The molecule has 2 rings (SSSR count). The monoisotopic (exact) mass is 349 g/mol. The summed E-state index contributed by atoms with van der Waals surface area (Å²) in [6.07, 6.45) is 0. The summed E-state index contributed by atoms with van der Waals surface area (Å²) in [6.45, 7) is 5.98. The van der Waals surface area contributed by atoms with Gasteiger partial charge in [0, 0.05) is 6.54 Å². The Labute approximate surface area is 148 Å². The fraction of sp³-hybridized carbons (Fsp3) is 0.579. The van der Waals surface area contributed by atoms with Gasteiger partial charge < -0.3 is 19.8 Å². The van der Waals surface area contributed by atoms with Gasteiger partial charge in [0.25, 0.3) is 0 Å². The SMILES string of the molecule is CC(c1ccccc1)N1CC(CO)(C(=O)OC(C)(C)C)C(CO)C1=O. The van der Waals surface area contributed by atoms with Gasteiger partial charge in [-0.05, 0) is 33.3 Å². The maximum absolute atomic E-state index is 12.8. The Bertz CT molecular complexity index is 624. The number of aliphatic hydroxyl groups excluding tert-OH is 2. The van der Waals surface area contributed by atoms with Crippen molar-refractivity contribution in [1.82, 2.24) is 4.90 Å². The summed E-state index contributed by atoms with van der Waals surface area (Å²) in [5.41, 5.74) is -1.28. The predicted molar refractivity (Wildman–Crippen MR) is 92.5 cm³/mol. The zero-order chi connectivity index (χ0) is 18.8. The zero-order valence-corrected chi connectivity index (χ0v) is 15.2. The van der Waals surface area contributed by atoms with E-state index in [-0.39, 0.29) is 18.5 Å². The van der Waals surface area contributed by atoms with Gasteiger partial charge in [-0.2, -0.15) is 0 Å². The Kier molecular flexibility index (Phi) is 5.54. The molecule has 0 aromatic heterocycles. The van der Waals surface area contributed by atoms with E-state index in [2.05, 4.69) is 0 Å². The Morgan fingerprint density at radius 3 is 2.40 bits per heavy atom. The number of esters is 1. The van der Waals surface area contributed by atoms with Crippen molar-refractivity contribution in [3.8, 4) is 0 Å². The Morgan fingerprint density at radius 1 is 1.32 bits per heavy atom. The molecule has 1 fully saturated rings. The molecule has 6 nitrogen and oxygen atoms in total. The second-order valence-electron chi connectivity index (χ2n) is 7.60. The number of aliphatic hydroxyl groups is 2. The lowest BCUT2D eigenvalue weighted by Gasteiger charge is -2.32. The van der Waals surface area contributed by atoms with Crippen molar-refractivity contribution >= 4 is 11.9 Å². The van der Waals surface area contributed by atoms with Gasteiger partial charge in [0.15, 0.2) is 0 Å². The van der Waals surface area contributed by atoms with Gasteiger partial charge in [-0.1, -0.05) is 30.3 Å². The zero-order valence-electron chi connectivity index (χ0n) is 15.2. The molecule has 6 heteroatoms. The topological polar surface area (TPSA) is 87.1 Å². The first-order valence-corrected chi connectivity index (χ1v) is 8.47. The molecule has 0 spiro atoms. The fourth-order valence-electron chi connectivity index (χ4n) is 3.23. The van der Waals surface area contributed by atoms with Gasteiger partial charge in [-0.25, -0.2) is 0 Å². The molecule has 3 atom stereocenters. The third-order valence-corrected chi connectivity index (χ3v) is 4.72. The average molecular weight is 349 g/mol. The highest BCUT2D eigenvalue weighted by atomic mass is 16.6. The minimum Gasteiger partial charge on any atom is -0.459 e. The number of ether oxygens (including phenoxy) is 1. The Hall–Kier alpha value is -1.92. The lowest BCUT2D eigenvalue weighted by Crippen LogP contribution is -2.47. The van der Waals surface area contributed by atoms with Crippen LogP contribution >= 0.6 is 0 Å². The summed E-state index contributed by atoms with van der Waals surface area (Å²) >= 11 is 0. The summed E-state index contributed by atoms with van der Waals surface area (Å²) < 4.78 is 5.44. The smallest absolute Gasteiger partial charge is 0.317 e. The minimum atomic E-state index is -1.46. The summed E-state index contributed by atoms with van der Waals surface area (Å²) in [4.78, 5) is 27.1. The highest BCUT2D eigenvalue weighted by Crippen LogP contribution is 2.42. The van der Waals surface area contributed by atoms with E-state index in [1.807, 2.05) is 37.3 Å². The summed E-state index contributed by atoms with van der Waals surface area (Å²) in [7, 11) is 0. The standard InChI is InChI=1S/C19H27NO5/c1-13(14-8-6-5-7-9-14)20-11-19(12-22,15(10-21)16(20)23)17(24)25-18(2,3)4/h5-9,13,15,21-22H,10-12H2,1-4H3. The number of carbonyl (C=O) groups is 2. The van der Waals surface area contributed by atoms with Crippen molar-refractivity contribution in [2.24, 2.45) is 11.3 Å². The molecular formula is C19H27NO5. The normalized spacial score (nSPS) is 25.1. The van der Waals surface area contributed by atoms with Crippen LogP contribution < -0.4 is 0 Å². The maximum atomic E-state index is 12.8. The maximum Gasteiger partial charge on any atom is 0.317 e. The van der Waals surface area contributed by atoms with E-state index in [0.717, 1.165) is 5.56 Å². The number of likely N-dealkylation sites (tertiary alicyclic amines) is 1. The quantitative estimate of drug-likeness (QED) is 0.787. The van der Waals surface area contributed by atoms with Gasteiger partial charge in [-0.15, -0.1) is 0 Å².